The molecule has 0 aromatic carbocycles. The van der Waals surface area contributed by atoms with Crippen LogP contribution < -0.4 is 0 Å². The van der Waals surface area contributed by atoms with E-state index in [1.165, 1.54) is 11.0 Å². The van der Waals surface area contributed by atoms with Crippen LogP contribution in [0.3, 0.4) is 0 Å². The van der Waals surface area contributed by atoms with Gasteiger partial charge in [-0.1, -0.05) is 45.9 Å². The van der Waals surface area contributed by atoms with Gasteiger partial charge in [-0.2, -0.15) is 0 Å². The van der Waals surface area contributed by atoms with Gasteiger partial charge >= 0.3 is 5.97 Å². The Morgan fingerprint density at radius 3 is 2.59 bits per heavy atom. The molecule has 3 heterocycles. The first-order chi connectivity index (χ1) is 16.1. The van der Waals surface area contributed by atoms with Crippen LogP contribution in [-0.4, -0.2) is 82.3 Å². The van der Waals surface area contributed by atoms with Crippen LogP contribution in [0.2, 0.25) is 0 Å². The topological polar surface area (TPSA) is 96.4 Å². The summed E-state index contributed by atoms with van der Waals surface area (Å²) >= 11 is 0. The number of nitrogens with zero attached hydrogens (tertiary/aromatic N) is 2. The molecule has 3 aliphatic rings. The largest absolute Gasteiger partial charge is 0.461 e. The van der Waals surface area contributed by atoms with Crippen molar-refractivity contribution in [3.8, 4) is 0 Å². The summed E-state index contributed by atoms with van der Waals surface area (Å²) in [6.45, 7) is 15.8. The summed E-state index contributed by atoms with van der Waals surface area (Å²) in [5, 5.41) is 10.3. The summed E-state index contributed by atoms with van der Waals surface area (Å²) in [4.78, 5) is 44.5. The van der Waals surface area contributed by atoms with Crippen LogP contribution in [0.1, 0.15) is 53.4 Å². The van der Waals surface area contributed by atoms with E-state index in [1.807, 2.05) is 20.8 Å². The van der Waals surface area contributed by atoms with Gasteiger partial charge in [-0.05, 0) is 32.1 Å². The number of carbonyl (C=O) groups excluding carboxylic acids is 3. The lowest BCUT2D eigenvalue weighted by Crippen LogP contribution is -2.59. The Hall–Kier alpha value is -2.19. The molecule has 6 atom stereocenters. The highest BCUT2D eigenvalue weighted by Crippen LogP contribution is 2.63. The van der Waals surface area contributed by atoms with Crippen molar-refractivity contribution >= 4 is 17.8 Å². The van der Waals surface area contributed by atoms with E-state index in [9.17, 15) is 19.5 Å². The third-order valence-corrected chi connectivity index (χ3v) is 7.80. The third-order valence-electron chi connectivity index (χ3n) is 7.80. The van der Waals surface area contributed by atoms with Crippen molar-refractivity contribution in [2.24, 2.45) is 17.8 Å². The van der Waals surface area contributed by atoms with E-state index >= 15 is 0 Å². The SMILES string of the molecule is C=CCOC(=O)[C@@H]1[C@H]2C(=O)N([C@@H](CO)C(C)C)C(C(=O)N(CC=C)CCCC)C23CC[C@@]1(C)O3. The van der Waals surface area contributed by atoms with Crippen LogP contribution in [0.15, 0.2) is 25.3 Å². The third kappa shape index (κ3) is 4.09. The molecule has 1 spiro atoms. The minimum absolute atomic E-state index is 0.0424. The molecular formula is C26H40N2O6. The monoisotopic (exact) mass is 476 g/mol. The lowest BCUT2D eigenvalue weighted by molar-refractivity contribution is -0.161. The number of unbranched alkanes of at least 4 members (excludes halogenated alkanes) is 1. The smallest absolute Gasteiger partial charge is 0.313 e. The van der Waals surface area contributed by atoms with E-state index in [-0.39, 0.29) is 30.9 Å². The molecule has 2 unspecified atom stereocenters. The van der Waals surface area contributed by atoms with Crippen molar-refractivity contribution in [3.05, 3.63) is 25.3 Å². The summed E-state index contributed by atoms with van der Waals surface area (Å²) in [5.74, 6) is -2.78. The highest BCUT2D eigenvalue weighted by Gasteiger charge is 2.79. The summed E-state index contributed by atoms with van der Waals surface area (Å²) in [6.07, 6.45) is 5.94. The molecule has 3 saturated heterocycles. The maximum absolute atomic E-state index is 14.1. The normalized spacial score (nSPS) is 32.6. The van der Waals surface area contributed by atoms with E-state index in [4.69, 9.17) is 9.47 Å². The van der Waals surface area contributed by atoms with E-state index < -0.39 is 41.1 Å². The summed E-state index contributed by atoms with van der Waals surface area (Å²) in [7, 11) is 0. The molecule has 0 aliphatic carbocycles. The first kappa shape index (κ1) is 26.4. The number of rotatable bonds is 12. The molecule has 0 aromatic heterocycles. The van der Waals surface area contributed by atoms with Crippen molar-refractivity contribution in [1.29, 1.82) is 0 Å². The van der Waals surface area contributed by atoms with Crippen LogP contribution in [-0.2, 0) is 23.9 Å². The van der Waals surface area contributed by atoms with Crippen molar-refractivity contribution in [1.82, 2.24) is 9.80 Å². The highest BCUT2D eigenvalue weighted by atomic mass is 16.6. The second-order valence-corrected chi connectivity index (χ2v) is 10.3. The molecule has 2 bridgehead atoms. The number of ether oxygens (including phenoxy) is 2. The quantitative estimate of drug-likeness (QED) is 0.343. The zero-order valence-corrected chi connectivity index (χ0v) is 21.0. The number of likely N-dealkylation sites (tertiary alicyclic amines) is 1. The predicted octanol–water partition coefficient (Wildman–Crippen LogP) is 2.31. The van der Waals surface area contributed by atoms with Crippen LogP contribution >= 0.6 is 0 Å². The predicted molar refractivity (Wildman–Crippen MR) is 128 cm³/mol. The minimum Gasteiger partial charge on any atom is -0.461 e. The Labute approximate surface area is 202 Å². The fraction of sp³-hybridized carbons (Fsp3) is 0.731. The molecular weight excluding hydrogens is 436 g/mol. The summed E-state index contributed by atoms with van der Waals surface area (Å²) in [6, 6.07) is -1.49. The Kier molecular flexibility index (Phi) is 7.92. The Morgan fingerprint density at radius 1 is 1.32 bits per heavy atom. The molecule has 3 rings (SSSR count). The second kappa shape index (κ2) is 10.2. The molecule has 0 aromatic rings. The Morgan fingerprint density at radius 2 is 2.03 bits per heavy atom. The van der Waals surface area contributed by atoms with Gasteiger partial charge in [-0.25, -0.2) is 0 Å². The molecule has 0 saturated carbocycles. The molecule has 190 valence electrons. The lowest BCUT2D eigenvalue weighted by atomic mass is 9.66. The highest BCUT2D eigenvalue weighted by molar-refractivity contribution is 5.98. The summed E-state index contributed by atoms with van der Waals surface area (Å²) in [5.41, 5.74) is -2.02. The Bertz CT molecular complexity index is 828. The number of aliphatic hydroxyl groups is 1. The van der Waals surface area contributed by atoms with E-state index in [0.717, 1.165) is 12.8 Å². The molecule has 34 heavy (non-hydrogen) atoms. The zero-order valence-electron chi connectivity index (χ0n) is 21.0. The first-order valence-corrected chi connectivity index (χ1v) is 12.4. The number of hydrogen-bond donors (Lipinski definition) is 1. The van der Waals surface area contributed by atoms with Crippen molar-refractivity contribution in [2.45, 2.75) is 76.7 Å². The van der Waals surface area contributed by atoms with Crippen LogP contribution in [0.5, 0.6) is 0 Å². The molecule has 3 fully saturated rings. The van der Waals surface area contributed by atoms with Gasteiger partial charge in [0.15, 0.2) is 0 Å². The van der Waals surface area contributed by atoms with Gasteiger partial charge in [0, 0.05) is 13.1 Å². The van der Waals surface area contributed by atoms with Gasteiger partial charge in [0.25, 0.3) is 0 Å². The number of aliphatic hydroxyl groups excluding tert-OH is 1. The fourth-order valence-corrected chi connectivity index (χ4v) is 6.18. The summed E-state index contributed by atoms with van der Waals surface area (Å²) < 4.78 is 12.0. The molecule has 0 radical (unpaired) electrons. The van der Waals surface area contributed by atoms with Crippen LogP contribution in [0.25, 0.3) is 0 Å². The molecule has 8 nitrogen and oxygen atoms in total. The zero-order chi connectivity index (χ0) is 25.3. The number of carbonyl (C=O) groups is 3. The number of esters is 1. The van der Waals surface area contributed by atoms with E-state index in [0.29, 0.717) is 25.9 Å². The number of fused-ring (bicyclic) bond motifs is 1. The van der Waals surface area contributed by atoms with Crippen molar-refractivity contribution in [3.63, 3.8) is 0 Å². The van der Waals surface area contributed by atoms with Gasteiger partial charge in [-0.3, -0.25) is 14.4 Å². The van der Waals surface area contributed by atoms with E-state index in [1.54, 1.807) is 11.0 Å². The van der Waals surface area contributed by atoms with Gasteiger partial charge in [0.05, 0.1) is 24.2 Å². The standard InChI is InChI=1S/C26H40N2O6/c1-7-10-14-27(13-8-2)23(31)21-26-12-11-25(6,34-26)20(24(32)33-15-9-3)19(26)22(30)28(21)18(16-29)17(4)5/h8-9,17-21,29H,2-3,7,10-16H2,1,4-6H3/t18-,19-,20-,21?,25+,26?/m0/s1. The first-order valence-electron chi connectivity index (χ1n) is 12.4. The molecule has 8 heteroatoms. The van der Waals surface area contributed by atoms with Gasteiger partial charge in [0.2, 0.25) is 11.8 Å². The maximum atomic E-state index is 14.1. The van der Waals surface area contributed by atoms with Crippen molar-refractivity contribution < 1.29 is 29.0 Å². The van der Waals surface area contributed by atoms with Gasteiger partial charge < -0.3 is 24.4 Å². The van der Waals surface area contributed by atoms with Crippen molar-refractivity contribution in [2.75, 3.05) is 26.3 Å². The van der Waals surface area contributed by atoms with Crippen LogP contribution in [0, 0.1) is 17.8 Å². The van der Waals surface area contributed by atoms with E-state index in [2.05, 4.69) is 20.1 Å². The molecule has 1 N–H and O–H groups in total. The second-order valence-electron chi connectivity index (χ2n) is 10.3. The fourth-order valence-electron chi connectivity index (χ4n) is 6.18. The minimum atomic E-state index is -1.13. The number of amides is 2. The average molecular weight is 477 g/mol. The number of hydrogen-bond acceptors (Lipinski definition) is 6. The molecule has 3 aliphatic heterocycles. The Balaban J connectivity index is 2.11. The van der Waals surface area contributed by atoms with Crippen LogP contribution in [0.4, 0.5) is 0 Å². The average Bonchev–Trinajstić information content (AvgIpc) is 3.36. The molecule has 2 amide bonds. The van der Waals surface area contributed by atoms with Gasteiger partial charge in [-0.15, -0.1) is 6.58 Å². The maximum Gasteiger partial charge on any atom is 0.313 e. The lowest BCUT2D eigenvalue weighted by Gasteiger charge is -2.40. The van der Waals surface area contributed by atoms with Gasteiger partial charge in [0.1, 0.15) is 24.2 Å².